The average molecular weight is 284 g/mol. The van der Waals surface area contributed by atoms with Gasteiger partial charge < -0.3 is 10.5 Å². The van der Waals surface area contributed by atoms with Crippen molar-refractivity contribution >= 4 is 0 Å². The van der Waals surface area contributed by atoms with Crippen LogP contribution in [0.2, 0.25) is 0 Å². The van der Waals surface area contributed by atoms with Gasteiger partial charge >= 0.3 is 0 Å². The predicted molar refractivity (Wildman–Crippen MR) is 79.1 cm³/mol. The second-order valence-electron chi connectivity index (χ2n) is 4.80. The van der Waals surface area contributed by atoms with Crippen LogP contribution in [0.1, 0.15) is 36.1 Å². The molecule has 4 heteroatoms. The number of nitrogens with two attached hydrogens (primary N) is 1. The van der Waals surface area contributed by atoms with Gasteiger partial charge in [-0.1, -0.05) is 25.1 Å². The maximum absolute atomic E-state index is 13.4. The molecule has 0 fully saturated rings. The van der Waals surface area contributed by atoms with Crippen LogP contribution in [0.4, 0.5) is 4.39 Å². The first kappa shape index (κ1) is 15.0. The van der Waals surface area contributed by atoms with Gasteiger partial charge in [0.05, 0.1) is 11.6 Å². The number of ether oxygens (including phenoxy) is 1. The third-order valence-electron chi connectivity index (χ3n) is 3.24. The molecule has 2 aromatic rings. The zero-order valence-electron chi connectivity index (χ0n) is 11.8. The highest BCUT2D eigenvalue weighted by Crippen LogP contribution is 2.26. The molecular weight excluding hydrogens is 267 g/mol. The van der Waals surface area contributed by atoms with Gasteiger partial charge in [0.1, 0.15) is 18.2 Å². The first-order valence-corrected chi connectivity index (χ1v) is 6.81. The summed E-state index contributed by atoms with van der Waals surface area (Å²) in [5.74, 6) is 0.251. The van der Waals surface area contributed by atoms with Crippen molar-refractivity contribution in [3.05, 3.63) is 65.0 Å². The fourth-order valence-electron chi connectivity index (χ4n) is 2.10. The van der Waals surface area contributed by atoms with E-state index in [1.54, 1.807) is 6.07 Å². The second kappa shape index (κ2) is 6.87. The van der Waals surface area contributed by atoms with Gasteiger partial charge in [0.25, 0.3) is 0 Å². The minimum absolute atomic E-state index is 0.0941. The van der Waals surface area contributed by atoms with Crippen LogP contribution in [0.5, 0.6) is 5.75 Å². The van der Waals surface area contributed by atoms with E-state index in [4.69, 9.17) is 15.7 Å². The summed E-state index contributed by atoms with van der Waals surface area (Å²) in [6.07, 6.45) is 0.804. The molecule has 1 atom stereocenters. The highest BCUT2D eigenvalue weighted by molar-refractivity contribution is 5.37. The van der Waals surface area contributed by atoms with Crippen LogP contribution in [0, 0.1) is 17.1 Å². The van der Waals surface area contributed by atoms with Gasteiger partial charge in [-0.3, -0.25) is 0 Å². The SMILES string of the molecule is CC[C@H](N)c1ccccc1OCc1cc(F)cc(C#N)c1. The lowest BCUT2D eigenvalue weighted by molar-refractivity contribution is 0.300. The third-order valence-corrected chi connectivity index (χ3v) is 3.24. The molecule has 0 heterocycles. The Morgan fingerprint density at radius 2 is 2.05 bits per heavy atom. The number of nitrogens with zero attached hydrogens (tertiary/aromatic N) is 1. The predicted octanol–water partition coefficient (Wildman–Crippen LogP) is 3.69. The lowest BCUT2D eigenvalue weighted by atomic mass is 10.0. The van der Waals surface area contributed by atoms with E-state index in [1.165, 1.54) is 12.1 Å². The van der Waals surface area contributed by atoms with Crippen LogP contribution in [-0.4, -0.2) is 0 Å². The van der Waals surface area contributed by atoms with Gasteiger partial charge in [0.15, 0.2) is 0 Å². The van der Waals surface area contributed by atoms with Gasteiger partial charge in [-0.2, -0.15) is 5.26 Å². The van der Waals surface area contributed by atoms with Gasteiger partial charge in [0.2, 0.25) is 0 Å². The Balaban J connectivity index is 2.17. The van der Waals surface area contributed by atoms with Gasteiger partial charge in [-0.25, -0.2) is 4.39 Å². The Bertz CT molecular complexity index is 664. The van der Waals surface area contributed by atoms with Gasteiger partial charge in [-0.05, 0) is 36.2 Å². The summed E-state index contributed by atoms with van der Waals surface area (Å²) in [6.45, 7) is 2.20. The lowest BCUT2D eigenvalue weighted by Gasteiger charge is -2.15. The molecule has 0 saturated carbocycles. The fraction of sp³-hybridized carbons (Fsp3) is 0.235. The number of hydrogen-bond acceptors (Lipinski definition) is 3. The standard InChI is InChI=1S/C17H17FN2O/c1-2-16(20)15-5-3-4-6-17(15)21-11-13-7-12(10-19)8-14(18)9-13/h3-9,16H,2,11,20H2,1H3/t16-/m0/s1. The van der Waals surface area contributed by atoms with Gasteiger partial charge in [-0.15, -0.1) is 0 Å². The Morgan fingerprint density at radius 1 is 1.29 bits per heavy atom. The summed E-state index contributed by atoms with van der Waals surface area (Å²) >= 11 is 0. The summed E-state index contributed by atoms with van der Waals surface area (Å²) in [5.41, 5.74) is 7.88. The summed E-state index contributed by atoms with van der Waals surface area (Å²) in [5, 5.41) is 8.85. The summed E-state index contributed by atoms with van der Waals surface area (Å²) in [4.78, 5) is 0. The van der Waals surface area contributed by atoms with E-state index < -0.39 is 5.82 Å². The summed E-state index contributed by atoms with van der Waals surface area (Å²) in [7, 11) is 0. The van der Waals surface area contributed by atoms with Crippen molar-refractivity contribution in [3.63, 3.8) is 0 Å². The topological polar surface area (TPSA) is 59.0 Å². The monoisotopic (exact) mass is 284 g/mol. The van der Waals surface area contributed by atoms with Crippen LogP contribution < -0.4 is 10.5 Å². The number of nitriles is 1. The maximum Gasteiger partial charge on any atom is 0.124 e. The molecule has 0 amide bonds. The molecule has 0 aliphatic heterocycles. The van der Waals surface area contributed by atoms with Crippen LogP contribution in [-0.2, 0) is 6.61 Å². The molecule has 0 aromatic heterocycles. The summed E-state index contributed by atoms with van der Waals surface area (Å²) < 4.78 is 19.1. The first-order chi connectivity index (χ1) is 10.1. The van der Waals surface area contributed by atoms with Crippen LogP contribution in [0.15, 0.2) is 42.5 Å². The van der Waals surface area contributed by atoms with Crippen LogP contribution >= 0.6 is 0 Å². The molecule has 2 N–H and O–H groups in total. The normalized spacial score (nSPS) is 11.7. The molecule has 0 spiro atoms. The van der Waals surface area contributed by atoms with E-state index in [0.29, 0.717) is 11.3 Å². The van der Waals surface area contributed by atoms with E-state index >= 15 is 0 Å². The molecule has 0 aliphatic rings. The number of benzene rings is 2. The first-order valence-electron chi connectivity index (χ1n) is 6.81. The second-order valence-corrected chi connectivity index (χ2v) is 4.80. The van der Waals surface area contributed by atoms with E-state index in [-0.39, 0.29) is 18.2 Å². The smallest absolute Gasteiger partial charge is 0.124 e. The molecule has 108 valence electrons. The highest BCUT2D eigenvalue weighted by Gasteiger charge is 2.10. The van der Waals surface area contributed by atoms with Crippen LogP contribution in [0.3, 0.4) is 0 Å². The molecule has 0 unspecified atom stereocenters. The van der Waals surface area contributed by atoms with Crippen molar-refractivity contribution in [2.75, 3.05) is 0 Å². The molecule has 21 heavy (non-hydrogen) atoms. The minimum atomic E-state index is -0.439. The molecule has 3 nitrogen and oxygen atoms in total. The van der Waals surface area contributed by atoms with E-state index in [9.17, 15) is 4.39 Å². The van der Waals surface area contributed by atoms with Crippen molar-refractivity contribution in [2.45, 2.75) is 26.0 Å². The number of rotatable bonds is 5. The molecule has 2 aromatic carbocycles. The molecule has 2 rings (SSSR count). The average Bonchev–Trinajstić information content (AvgIpc) is 2.51. The summed E-state index contributed by atoms with van der Waals surface area (Å²) in [6, 6.07) is 13.6. The molecular formula is C17H17FN2O. The van der Waals surface area contributed by atoms with Crippen molar-refractivity contribution in [3.8, 4) is 11.8 Å². The van der Waals surface area contributed by atoms with Gasteiger partial charge in [0, 0.05) is 11.6 Å². The number of hydrogen-bond donors (Lipinski definition) is 1. The van der Waals surface area contributed by atoms with E-state index in [0.717, 1.165) is 12.0 Å². The maximum atomic E-state index is 13.4. The van der Waals surface area contributed by atoms with Crippen LogP contribution in [0.25, 0.3) is 0 Å². The number of halogens is 1. The minimum Gasteiger partial charge on any atom is -0.489 e. The zero-order chi connectivity index (χ0) is 15.2. The molecule has 0 aliphatic carbocycles. The zero-order valence-corrected chi connectivity index (χ0v) is 11.8. The lowest BCUT2D eigenvalue weighted by Crippen LogP contribution is -2.10. The van der Waals surface area contributed by atoms with Crippen molar-refractivity contribution in [2.24, 2.45) is 5.73 Å². The molecule has 0 radical (unpaired) electrons. The van der Waals surface area contributed by atoms with E-state index in [2.05, 4.69) is 0 Å². The molecule has 0 saturated heterocycles. The van der Waals surface area contributed by atoms with Crippen molar-refractivity contribution < 1.29 is 9.13 Å². The largest absolute Gasteiger partial charge is 0.489 e. The van der Waals surface area contributed by atoms with Crippen molar-refractivity contribution in [1.29, 1.82) is 5.26 Å². The Morgan fingerprint density at radius 3 is 2.76 bits per heavy atom. The number of para-hydroxylation sites is 1. The van der Waals surface area contributed by atoms with Crippen molar-refractivity contribution in [1.82, 2.24) is 0 Å². The highest BCUT2D eigenvalue weighted by atomic mass is 19.1. The Hall–Kier alpha value is -2.38. The third kappa shape index (κ3) is 3.80. The van der Waals surface area contributed by atoms with E-state index in [1.807, 2.05) is 37.3 Å². The Labute approximate surface area is 123 Å². The quantitative estimate of drug-likeness (QED) is 0.911. The molecule has 0 bridgehead atoms. The Kier molecular flexibility index (Phi) is 4.91. The fourth-order valence-corrected chi connectivity index (χ4v) is 2.10.